The Hall–Kier alpha value is -5.30. The van der Waals surface area contributed by atoms with E-state index in [-0.39, 0.29) is 17.2 Å². The highest BCUT2D eigenvalue weighted by Gasteiger charge is 2.31. The number of carbonyl (C=O) groups excluding carboxylic acids is 3. The molecule has 1 aliphatic rings. The van der Waals surface area contributed by atoms with E-state index in [0.29, 0.717) is 29.2 Å². The number of thioether (sulfide) groups is 1. The maximum Gasteiger partial charge on any atom is 0.341 e. The van der Waals surface area contributed by atoms with Crippen LogP contribution in [0.4, 0.5) is 16.4 Å². The number of ether oxygens (including phenoxy) is 1. The van der Waals surface area contributed by atoms with Gasteiger partial charge in [0.25, 0.3) is 11.6 Å². The number of amides is 2. The molecule has 5 aromatic rings. The molecule has 0 bridgehead atoms. The van der Waals surface area contributed by atoms with E-state index in [9.17, 15) is 24.5 Å². The van der Waals surface area contributed by atoms with E-state index in [1.54, 1.807) is 18.2 Å². The van der Waals surface area contributed by atoms with Crippen molar-refractivity contribution < 1.29 is 24.0 Å². The summed E-state index contributed by atoms with van der Waals surface area (Å²) < 4.78 is 5.17. The van der Waals surface area contributed by atoms with E-state index < -0.39 is 22.0 Å². The van der Waals surface area contributed by atoms with E-state index in [1.165, 1.54) is 60.0 Å². The van der Waals surface area contributed by atoms with Crippen LogP contribution in [0.15, 0.2) is 114 Å². The van der Waals surface area contributed by atoms with Gasteiger partial charge in [0, 0.05) is 52.8 Å². The molecule has 12 heteroatoms. The number of thiophene rings is 1. The SMILES string of the molecule is COC(=O)c1c(NC(=O)C(Sc2cccc(NC(=O)c3ccc([N+](=O)[O-])cc3)c2)c2ccccc2)sc2c1CCN(Cc1ccccc1)C2. The largest absolute Gasteiger partial charge is 0.465 e. The third-order valence-electron chi connectivity index (χ3n) is 8.04. The number of nitrogens with zero attached hydrogens (tertiary/aromatic N) is 2. The molecule has 1 unspecified atom stereocenters. The van der Waals surface area contributed by atoms with E-state index >= 15 is 0 Å². The summed E-state index contributed by atoms with van der Waals surface area (Å²) in [6, 6.07) is 32.1. The smallest absolute Gasteiger partial charge is 0.341 e. The minimum atomic E-state index is -0.693. The van der Waals surface area contributed by atoms with Crippen LogP contribution in [0.2, 0.25) is 0 Å². The first-order chi connectivity index (χ1) is 23.8. The van der Waals surface area contributed by atoms with Gasteiger partial charge in [-0.15, -0.1) is 23.1 Å². The Kier molecular flexibility index (Phi) is 10.5. The monoisotopic (exact) mass is 692 g/mol. The Morgan fingerprint density at radius 3 is 2.35 bits per heavy atom. The number of hydrogen-bond donors (Lipinski definition) is 2. The molecule has 6 rings (SSSR count). The van der Waals surface area contributed by atoms with Crippen molar-refractivity contribution in [2.75, 3.05) is 24.3 Å². The van der Waals surface area contributed by atoms with Crippen LogP contribution >= 0.6 is 23.1 Å². The lowest BCUT2D eigenvalue weighted by molar-refractivity contribution is -0.384. The maximum absolute atomic E-state index is 14.1. The van der Waals surface area contributed by atoms with Crippen LogP contribution in [0.1, 0.15) is 47.5 Å². The molecule has 2 N–H and O–H groups in total. The summed E-state index contributed by atoms with van der Waals surface area (Å²) >= 11 is 2.72. The van der Waals surface area contributed by atoms with Gasteiger partial charge in [-0.05, 0) is 53.4 Å². The standard InChI is InChI=1S/C37H32N4O6S2/c1-47-37(44)32-30-19-20-40(22-24-9-4-2-5-10-24)23-31(30)49-36(32)39-35(43)33(25-11-6-3-7-12-25)48-29-14-8-13-27(21-29)38-34(42)26-15-17-28(18-16-26)41(45)46/h2-18,21,33H,19-20,22-23H2,1H3,(H,38,42)(H,39,43). The number of non-ortho nitro benzene ring substituents is 1. The Labute approximate surface area is 291 Å². The average Bonchev–Trinajstić information content (AvgIpc) is 3.48. The second-order valence-corrected chi connectivity index (χ2v) is 13.6. The van der Waals surface area contributed by atoms with Crippen molar-refractivity contribution in [2.45, 2.75) is 29.7 Å². The van der Waals surface area contributed by atoms with E-state index in [1.807, 2.05) is 54.6 Å². The van der Waals surface area contributed by atoms with Gasteiger partial charge >= 0.3 is 5.97 Å². The quantitative estimate of drug-likeness (QED) is 0.0623. The van der Waals surface area contributed by atoms with Gasteiger partial charge in [-0.2, -0.15) is 0 Å². The molecule has 0 fully saturated rings. The van der Waals surface area contributed by atoms with E-state index in [0.717, 1.165) is 34.0 Å². The highest BCUT2D eigenvalue weighted by atomic mass is 32.2. The first kappa shape index (κ1) is 33.6. The fourth-order valence-electron chi connectivity index (χ4n) is 5.64. The predicted molar refractivity (Wildman–Crippen MR) is 191 cm³/mol. The molecule has 1 aliphatic heterocycles. The molecule has 0 saturated heterocycles. The van der Waals surface area contributed by atoms with Gasteiger partial charge < -0.3 is 15.4 Å². The van der Waals surface area contributed by atoms with Gasteiger partial charge in [-0.3, -0.25) is 24.6 Å². The fourth-order valence-corrected chi connectivity index (χ4v) is 8.00. The number of nitrogens with one attached hydrogen (secondary N) is 2. The van der Waals surface area contributed by atoms with Crippen molar-refractivity contribution in [3.05, 3.63) is 152 Å². The van der Waals surface area contributed by atoms with Crippen molar-refractivity contribution in [3.8, 4) is 0 Å². The Bertz CT molecular complexity index is 1980. The lowest BCUT2D eigenvalue weighted by Gasteiger charge is -2.27. The summed E-state index contributed by atoms with van der Waals surface area (Å²) in [5.74, 6) is -1.21. The van der Waals surface area contributed by atoms with Crippen LogP contribution in [0.5, 0.6) is 0 Å². The molecule has 0 saturated carbocycles. The molecular formula is C37H32N4O6S2. The van der Waals surface area contributed by atoms with Crippen molar-refractivity contribution >= 4 is 57.3 Å². The molecule has 2 heterocycles. The van der Waals surface area contributed by atoms with Crippen LogP contribution in [-0.2, 0) is 29.0 Å². The second-order valence-electron chi connectivity index (χ2n) is 11.3. The fraction of sp³-hybridized carbons (Fsp3) is 0.162. The minimum absolute atomic E-state index is 0.105. The second kappa shape index (κ2) is 15.3. The third kappa shape index (κ3) is 8.06. The van der Waals surface area contributed by atoms with Crippen molar-refractivity contribution in [1.82, 2.24) is 4.90 Å². The zero-order valence-corrected chi connectivity index (χ0v) is 28.1. The number of methoxy groups -OCH3 is 1. The van der Waals surface area contributed by atoms with Crippen molar-refractivity contribution in [1.29, 1.82) is 0 Å². The van der Waals surface area contributed by atoms with Gasteiger partial charge in [0.2, 0.25) is 5.91 Å². The molecule has 10 nitrogen and oxygen atoms in total. The number of nitro benzene ring substituents is 1. The summed E-state index contributed by atoms with van der Waals surface area (Å²) in [6.45, 7) is 2.22. The predicted octanol–water partition coefficient (Wildman–Crippen LogP) is 7.73. The molecule has 4 aromatic carbocycles. The zero-order valence-electron chi connectivity index (χ0n) is 26.5. The van der Waals surface area contributed by atoms with E-state index in [4.69, 9.17) is 4.74 Å². The van der Waals surface area contributed by atoms with Crippen LogP contribution in [0, 0.1) is 10.1 Å². The third-order valence-corrected chi connectivity index (χ3v) is 10.4. The number of hydrogen-bond acceptors (Lipinski definition) is 9. The molecule has 1 aromatic heterocycles. The van der Waals surface area contributed by atoms with Gasteiger partial charge in [0.05, 0.1) is 17.6 Å². The molecule has 1 atom stereocenters. The average molecular weight is 693 g/mol. The number of nitro groups is 1. The molecule has 0 aliphatic carbocycles. The lowest BCUT2D eigenvalue weighted by Crippen LogP contribution is -2.29. The van der Waals surface area contributed by atoms with Gasteiger partial charge in [0.1, 0.15) is 10.3 Å². The first-order valence-corrected chi connectivity index (χ1v) is 17.2. The van der Waals surface area contributed by atoms with Gasteiger partial charge in [0.15, 0.2) is 0 Å². The first-order valence-electron chi connectivity index (χ1n) is 15.5. The zero-order chi connectivity index (χ0) is 34.3. The molecular weight excluding hydrogens is 661 g/mol. The highest BCUT2D eigenvalue weighted by Crippen LogP contribution is 2.41. The minimum Gasteiger partial charge on any atom is -0.465 e. The van der Waals surface area contributed by atoms with Crippen LogP contribution in [-0.4, -0.2) is 41.3 Å². The summed E-state index contributed by atoms with van der Waals surface area (Å²) in [5, 5.41) is 16.6. The van der Waals surface area contributed by atoms with E-state index in [2.05, 4.69) is 27.7 Å². The number of carbonyl (C=O) groups is 3. The molecule has 0 spiro atoms. The topological polar surface area (TPSA) is 131 Å². The summed E-state index contributed by atoms with van der Waals surface area (Å²) in [4.78, 5) is 54.6. The Balaban J connectivity index is 1.22. The summed E-state index contributed by atoms with van der Waals surface area (Å²) in [7, 11) is 1.35. The number of anilines is 2. The Morgan fingerprint density at radius 1 is 0.939 bits per heavy atom. The van der Waals surface area contributed by atoms with Crippen LogP contribution in [0.25, 0.3) is 0 Å². The van der Waals surface area contributed by atoms with Crippen LogP contribution in [0.3, 0.4) is 0 Å². The lowest BCUT2D eigenvalue weighted by atomic mass is 10.0. The number of rotatable bonds is 11. The molecule has 2 amide bonds. The highest BCUT2D eigenvalue weighted by molar-refractivity contribution is 8.00. The molecule has 0 radical (unpaired) electrons. The van der Waals surface area contributed by atoms with Crippen molar-refractivity contribution in [3.63, 3.8) is 0 Å². The molecule has 248 valence electrons. The summed E-state index contributed by atoms with van der Waals surface area (Å²) in [5.41, 5.74) is 3.96. The van der Waals surface area contributed by atoms with Crippen molar-refractivity contribution in [2.24, 2.45) is 0 Å². The Morgan fingerprint density at radius 2 is 1.65 bits per heavy atom. The summed E-state index contributed by atoms with van der Waals surface area (Å²) in [6.07, 6.45) is 0.661. The maximum atomic E-state index is 14.1. The number of benzene rings is 4. The number of fused-ring (bicyclic) bond motifs is 1. The van der Waals surface area contributed by atoms with Gasteiger partial charge in [-0.1, -0.05) is 66.7 Å². The van der Waals surface area contributed by atoms with Gasteiger partial charge in [-0.25, -0.2) is 4.79 Å². The number of esters is 1. The normalized spacial score (nSPS) is 13.2. The van der Waals surface area contributed by atoms with Crippen LogP contribution < -0.4 is 10.6 Å². The molecule has 49 heavy (non-hydrogen) atoms.